The van der Waals surface area contributed by atoms with Crippen molar-refractivity contribution in [1.82, 2.24) is 0 Å². The van der Waals surface area contributed by atoms with Crippen LogP contribution in [0, 0.1) is 13.8 Å². The summed E-state index contributed by atoms with van der Waals surface area (Å²) in [5.74, 6) is 0.0313. The highest BCUT2D eigenvalue weighted by atomic mass is 31.2. The summed E-state index contributed by atoms with van der Waals surface area (Å²) in [6.07, 6.45) is 0.108. The first-order chi connectivity index (χ1) is 10.6. The molecule has 0 saturated carbocycles. The predicted molar refractivity (Wildman–Crippen MR) is 87.5 cm³/mol. The van der Waals surface area contributed by atoms with Gasteiger partial charge in [-0.05, 0) is 26.3 Å². The fraction of sp³-hybridized carbons (Fsp3) is 0.438. The second-order valence-corrected chi connectivity index (χ2v) is 7.16. The lowest BCUT2D eigenvalue weighted by atomic mass is 10.1. The van der Waals surface area contributed by atoms with Gasteiger partial charge < -0.3 is 19.3 Å². The van der Waals surface area contributed by atoms with E-state index < -0.39 is 13.6 Å². The van der Waals surface area contributed by atoms with Crippen molar-refractivity contribution < 1.29 is 28.6 Å². The third-order valence-corrected chi connectivity index (χ3v) is 3.74. The molecule has 0 unspecified atom stereocenters. The minimum atomic E-state index is -4.18. The first-order valence-corrected chi connectivity index (χ1v) is 9.00. The molecular formula is C16H23O6P. The molecule has 6 nitrogen and oxygen atoms in total. The van der Waals surface area contributed by atoms with E-state index >= 15 is 0 Å². The molecule has 0 aliphatic heterocycles. The molecule has 0 amide bonds. The van der Waals surface area contributed by atoms with Crippen LogP contribution in [0.1, 0.15) is 30.0 Å². The van der Waals surface area contributed by atoms with E-state index in [0.29, 0.717) is 23.3 Å². The Balaban J connectivity index is 2.67. The van der Waals surface area contributed by atoms with Crippen molar-refractivity contribution in [2.75, 3.05) is 13.2 Å². The van der Waals surface area contributed by atoms with Crippen molar-refractivity contribution in [3.05, 3.63) is 41.0 Å². The fourth-order valence-corrected chi connectivity index (χ4v) is 2.79. The minimum Gasteiger partial charge on any atom is -0.493 e. The van der Waals surface area contributed by atoms with Gasteiger partial charge in [-0.25, -0.2) is 4.79 Å². The maximum Gasteiger partial charge on any atom is 0.333 e. The van der Waals surface area contributed by atoms with Gasteiger partial charge in [-0.1, -0.05) is 24.3 Å². The number of rotatable bonds is 8. The SMILES string of the molecule is C=C(C)C(=O)OCCCOc1c(C)cc(C)cc1CP(=O)(O)O. The van der Waals surface area contributed by atoms with Crippen LogP contribution < -0.4 is 4.74 Å². The molecule has 1 aromatic rings. The van der Waals surface area contributed by atoms with E-state index in [9.17, 15) is 19.1 Å². The Hall–Kier alpha value is -1.62. The standard InChI is InChI=1S/C16H23O6P/c1-11(2)16(17)22-7-5-6-21-15-13(4)8-12(3)9-14(15)10-23(18,19)20/h8-9H,1,5-7,10H2,2-4H3,(H2,18,19,20). The summed E-state index contributed by atoms with van der Waals surface area (Å²) in [4.78, 5) is 29.6. The van der Waals surface area contributed by atoms with Crippen LogP contribution in [-0.2, 0) is 20.3 Å². The molecule has 0 fully saturated rings. The highest BCUT2D eigenvalue weighted by Crippen LogP contribution is 2.42. The Morgan fingerprint density at radius 1 is 1.26 bits per heavy atom. The Labute approximate surface area is 136 Å². The van der Waals surface area contributed by atoms with Crippen LogP contribution in [0.5, 0.6) is 5.75 Å². The third kappa shape index (κ3) is 6.99. The van der Waals surface area contributed by atoms with Crippen LogP contribution in [0.3, 0.4) is 0 Å². The van der Waals surface area contributed by atoms with E-state index in [1.54, 1.807) is 13.0 Å². The van der Waals surface area contributed by atoms with Crippen LogP contribution in [0.15, 0.2) is 24.3 Å². The van der Waals surface area contributed by atoms with Crippen LogP contribution in [0.2, 0.25) is 0 Å². The summed E-state index contributed by atoms with van der Waals surface area (Å²) in [5, 5.41) is 0. The van der Waals surface area contributed by atoms with Gasteiger partial charge in [-0.2, -0.15) is 0 Å². The summed E-state index contributed by atoms with van der Waals surface area (Å²) in [6, 6.07) is 3.60. The maximum absolute atomic E-state index is 11.3. The number of carbonyl (C=O) groups is 1. The van der Waals surface area contributed by atoms with Gasteiger partial charge >= 0.3 is 13.6 Å². The molecule has 0 bridgehead atoms. The van der Waals surface area contributed by atoms with E-state index in [2.05, 4.69) is 6.58 Å². The van der Waals surface area contributed by atoms with Gasteiger partial charge in [0, 0.05) is 17.6 Å². The lowest BCUT2D eigenvalue weighted by Crippen LogP contribution is -2.10. The number of ether oxygens (including phenoxy) is 2. The number of aryl methyl sites for hydroxylation is 2. The van der Waals surface area contributed by atoms with Crippen LogP contribution in [0.25, 0.3) is 0 Å². The summed E-state index contributed by atoms with van der Waals surface area (Å²) < 4.78 is 21.9. The maximum atomic E-state index is 11.3. The zero-order valence-corrected chi connectivity index (χ0v) is 14.6. The zero-order chi connectivity index (χ0) is 17.6. The molecule has 1 aromatic carbocycles. The first-order valence-electron chi connectivity index (χ1n) is 7.20. The summed E-state index contributed by atoms with van der Waals surface area (Å²) >= 11 is 0. The zero-order valence-electron chi connectivity index (χ0n) is 13.7. The quantitative estimate of drug-likeness (QED) is 0.327. The van der Waals surface area contributed by atoms with E-state index in [1.807, 2.05) is 19.9 Å². The van der Waals surface area contributed by atoms with Gasteiger partial charge in [-0.3, -0.25) is 4.57 Å². The molecule has 0 radical (unpaired) electrons. The van der Waals surface area contributed by atoms with Crippen molar-refractivity contribution in [1.29, 1.82) is 0 Å². The van der Waals surface area contributed by atoms with E-state index in [0.717, 1.165) is 11.1 Å². The molecule has 23 heavy (non-hydrogen) atoms. The summed E-state index contributed by atoms with van der Waals surface area (Å²) in [7, 11) is -4.18. The second kappa shape index (κ2) is 8.29. The highest BCUT2D eigenvalue weighted by Gasteiger charge is 2.19. The lowest BCUT2D eigenvalue weighted by molar-refractivity contribution is -0.139. The van der Waals surface area contributed by atoms with Crippen molar-refractivity contribution in [3.63, 3.8) is 0 Å². The Kier molecular flexibility index (Phi) is 7.01. The van der Waals surface area contributed by atoms with E-state index in [4.69, 9.17) is 9.47 Å². The molecular weight excluding hydrogens is 319 g/mol. The highest BCUT2D eigenvalue weighted by molar-refractivity contribution is 7.50. The van der Waals surface area contributed by atoms with Gasteiger partial charge in [-0.15, -0.1) is 0 Å². The van der Waals surface area contributed by atoms with E-state index in [1.165, 1.54) is 0 Å². The molecule has 7 heteroatoms. The molecule has 2 N–H and O–H groups in total. The fourth-order valence-electron chi connectivity index (χ4n) is 2.11. The van der Waals surface area contributed by atoms with Gasteiger partial charge in [0.1, 0.15) is 5.75 Å². The number of esters is 1. The van der Waals surface area contributed by atoms with Gasteiger partial charge in [0.05, 0.1) is 19.4 Å². The second-order valence-electron chi connectivity index (χ2n) is 5.51. The Morgan fingerprint density at radius 2 is 1.91 bits per heavy atom. The summed E-state index contributed by atoms with van der Waals surface area (Å²) in [6.45, 7) is 9.22. The topological polar surface area (TPSA) is 93.1 Å². The molecule has 0 spiro atoms. The lowest BCUT2D eigenvalue weighted by Gasteiger charge is -2.16. The smallest absolute Gasteiger partial charge is 0.333 e. The van der Waals surface area contributed by atoms with Crippen LogP contribution in [-0.4, -0.2) is 29.0 Å². The largest absolute Gasteiger partial charge is 0.493 e. The molecule has 128 valence electrons. The Morgan fingerprint density at radius 3 is 2.48 bits per heavy atom. The molecule has 0 aliphatic carbocycles. The van der Waals surface area contributed by atoms with Crippen molar-refractivity contribution in [3.8, 4) is 5.75 Å². The number of hydrogen-bond acceptors (Lipinski definition) is 4. The number of hydrogen-bond donors (Lipinski definition) is 2. The van der Waals surface area contributed by atoms with Gasteiger partial charge in [0.15, 0.2) is 0 Å². The Bertz CT molecular complexity index is 632. The molecule has 0 heterocycles. The average Bonchev–Trinajstić information content (AvgIpc) is 2.38. The normalized spacial score (nSPS) is 11.2. The van der Waals surface area contributed by atoms with Crippen LogP contribution >= 0.6 is 7.60 Å². The average molecular weight is 342 g/mol. The predicted octanol–water partition coefficient (Wildman–Crippen LogP) is 2.87. The van der Waals surface area contributed by atoms with Gasteiger partial charge in [0.2, 0.25) is 0 Å². The molecule has 0 aromatic heterocycles. The summed E-state index contributed by atoms with van der Waals surface area (Å²) in [5.41, 5.74) is 2.54. The molecule has 0 atom stereocenters. The van der Waals surface area contributed by atoms with Crippen molar-refractivity contribution >= 4 is 13.6 Å². The monoisotopic (exact) mass is 342 g/mol. The number of carbonyl (C=O) groups excluding carboxylic acids is 1. The van der Waals surface area contributed by atoms with Crippen molar-refractivity contribution in [2.45, 2.75) is 33.4 Å². The molecule has 0 saturated heterocycles. The van der Waals surface area contributed by atoms with Gasteiger partial charge in [0.25, 0.3) is 0 Å². The van der Waals surface area contributed by atoms with Crippen LogP contribution in [0.4, 0.5) is 0 Å². The molecule has 1 rings (SSSR count). The van der Waals surface area contributed by atoms with Crippen molar-refractivity contribution in [2.24, 2.45) is 0 Å². The minimum absolute atomic E-state index is 0.199. The first kappa shape index (κ1) is 19.4. The number of benzene rings is 1. The third-order valence-electron chi connectivity index (χ3n) is 2.99. The molecule has 0 aliphatic rings. The van der Waals surface area contributed by atoms with E-state index in [-0.39, 0.29) is 19.4 Å².